The summed E-state index contributed by atoms with van der Waals surface area (Å²) in [7, 11) is 0. The predicted octanol–water partition coefficient (Wildman–Crippen LogP) is -2.15. The zero-order valence-electron chi connectivity index (χ0n) is 12.9. The van der Waals surface area contributed by atoms with Crippen LogP contribution in [0.5, 0.6) is 0 Å². The molecule has 0 fully saturated rings. The van der Waals surface area contributed by atoms with Gasteiger partial charge in [0.25, 0.3) is 0 Å². The molecule has 13 nitrogen and oxygen atoms in total. The third kappa shape index (κ3) is 10.1. The summed E-state index contributed by atoms with van der Waals surface area (Å²) in [6.45, 7) is 0. The first-order chi connectivity index (χ1) is 11.5. The lowest BCUT2D eigenvalue weighted by atomic mass is 10.1. The van der Waals surface area contributed by atoms with Crippen LogP contribution in [0, 0.1) is 5.41 Å². The molecule has 9 N–H and O–H groups in total. The maximum Gasteiger partial charge on any atom is 0.326 e. The fraction of sp³-hybridized carbons (Fsp3) is 0.500. The van der Waals surface area contributed by atoms with E-state index in [-0.39, 0.29) is 12.8 Å². The molecule has 0 unspecified atom stereocenters. The Morgan fingerprint density at radius 1 is 0.880 bits per heavy atom. The van der Waals surface area contributed by atoms with E-state index < -0.39 is 60.7 Å². The highest BCUT2D eigenvalue weighted by Gasteiger charge is 2.25. The second kappa shape index (κ2) is 10.4. The number of amides is 3. The molecule has 0 aromatic carbocycles. The summed E-state index contributed by atoms with van der Waals surface area (Å²) in [6, 6.07) is -4.17. The number of carboxylic acid groups (broad SMARTS) is 3. The molecular formula is C12H19N5O8. The topological polar surface area (TPSA) is 232 Å². The summed E-state index contributed by atoms with van der Waals surface area (Å²) in [5, 5.41) is 39.1. The number of nitrogens with two attached hydrogens (primary N) is 1. The number of carbonyl (C=O) groups is 5. The van der Waals surface area contributed by atoms with Crippen LogP contribution in [-0.2, 0) is 19.2 Å². The van der Waals surface area contributed by atoms with Gasteiger partial charge in [0.15, 0.2) is 5.96 Å². The van der Waals surface area contributed by atoms with Crippen LogP contribution in [0.1, 0.15) is 25.7 Å². The highest BCUT2D eigenvalue weighted by molar-refractivity contribution is 5.95. The van der Waals surface area contributed by atoms with Gasteiger partial charge in [-0.3, -0.25) is 20.3 Å². The number of aliphatic carboxylic acids is 3. The van der Waals surface area contributed by atoms with Gasteiger partial charge in [0.1, 0.15) is 12.1 Å². The summed E-state index contributed by atoms with van der Waals surface area (Å²) >= 11 is 0. The van der Waals surface area contributed by atoms with Gasteiger partial charge < -0.3 is 31.7 Å². The number of urea groups is 1. The number of hydrogen-bond acceptors (Lipinski definition) is 6. The smallest absolute Gasteiger partial charge is 0.326 e. The molecule has 0 saturated carbocycles. The lowest BCUT2D eigenvalue weighted by molar-refractivity contribution is -0.141. The van der Waals surface area contributed by atoms with E-state index in [0.29, 0.717) is 0 Å². The minimum Gasteiger partial charge on any atom is -0.481 e. The van der Waals surface area contributed by atoms with Crippen molar-refractivity contribution in [2.45, 2.75) is 37.8 Å². The molecule has 13 heteroatoms. The number of hydrogen-bond donors (Lipinski definition) is 8. The van der Waals surface area contributed by atoms with Gasteiger partial charge >= 0.3 is 23.9 Å². The van der Waals surface area contributed by atoms with E-state index in [2.05, 4.69) is 0 Å². The van der Waals surface area contributed by atoms with E-state index in [1.54, 1.807) is 0 Å². The Morgan fingerprint density at radius 2 is 1.32 bits per heavy atom. The molecule has 3 amide bonds. The number of carbonyl (C=O) groups excluding carboxylic acids is 2. The Balaban J connectivity index is 4.63. The molecule has 2 atom stereocenters. The third-order valence-corrected chi connectivity index (χ3v) is 2.79. The van der Waals surface area contributed by atoms with Crippen LogP contribution >= 0.6 is 0 Å². The van der Waals surface area contributed by atoms with E-state index in [9.17, 15) is 24.0 Å². The van der Waals surface area contributed by atoms with E-state index in [1.807, 2.05) is 16.0 Å². The average Bonchev–Trinajstić information content (AvgIpc) is 2.46. The Morgan fingerprint density at radius 3 is 1.68 bits per heavy atom. The van der Waals surface area contributed by atoms with E-state index >= 15 is 0 Å². The largest absolute Gasteiger partial charge is 0.481 e. The van der Waals surface area contributed by atoms with Crippen LogP contribution in [0.2, 0.25) is 0 Å². The number of nitrogens with one attached hydrogen (secondary N) is 4. The predicted molar refractivity (Wildman–Crippen MR) is 80.7 cm³/mol. The first kappa shape index (κ1) is 21.6. The lowest BCUT2D eigenvalue weighted by Crippen LogP contribution is -2.51. The minimum atomic E-state index is -1.52. The van der Waals surface area contributed by atoms with Gasteiger partial charge in [0, 0.05) is 12.8 Å². The number of carboxylic acids is 3. The Bertz CT molecular complexity index is 564. The van der Waals surface area contributed by atoms with Crippen molar-refractivity contribution >= 4 is 35.8 Å². The van der Waals surface area contributed by atoms with Gasteiger partial charge in [-0.05, 0) is 12.8 Å². The molecule has 0 aromatic heterocycles. The summed E-state index contributed by atoms with van der Waals surface area (Å²) < 4.78 is 0. The summed E-state index contributed by atoms with van der Waals surface area (Å²) in [4.78, 5) is 55.4. The third-order valence-electron chi connectivity index (χ3n) is 2.79. The first-order valence-corrected chi connectivity index (χ1v) is 6.91. The average molecular weight is 361 g/mol. The van der Waals surface area contributed by atoms with E-state index in [0.717, 1.165) is 0 Å². The molecule has 0 radical (unpaired) electrons. The van der Waals surface area contributed by atoms with Crippen molar-refractivity contribution in [2.75, 3.05) is 0 Å². The van der Waals surface area contributed by atoms with Crippen LogP contribution < -0.4 is 21.7 Å². The normalized spacial score (nSPS) is 12.3. The molecule has 25 heavy (non-hydrogen) atoms. The molecule has 0 aliphatic heterocycles. The first-order valence-electron chi connectivity index (χ1n) is 6.91. The molecule has 0 saturated heterocycles. The van der Waals surface area contributed by atoms with Crippen molar-refractivity contribution in [3.63, 3.8) is 0 Å². The van der Waals surface area contributed by atoms with Crippen molar-refractivity contribution in [3.05, 3.63) is 0 Å². The van der Waals surface area contributed by atoms with E-state index in [4.69, 9.17) is 26.5 Å². The maximum absolute atomic E-state index is 11.7. The quantitative estimate of drug-likeness (QED) is 0.156. The van der Waals surface area contributed by atoms with Crippen LogP contribution in [0.25, 0.3) is 0 Å². The molecule has 0 aliphatic rings. The Labute approximate surface area is 141 Å². The molecule has 0 aliphatic carbocycles. The molecule has 0 rings (SSSR count). The van der Waals surface area contributed by atoms with Gasteiger partial charge in [-0.15, -0.1) is 0 Å². The van der Waals surface area contributed by atoms with Crippen molar-refractivity contribution in [2.24, 2.45) is 5.73 Å². The SMILES string of the molecule is N=C(N)NC(=O)CC[C@H](NC(=O)N[C@@H](CCC(=O)O)C(=O)O)C(=O)O. The highest BCUT2D eigenvalue weighted by Crippen LogP contribution is 2.01. The number of guanidine groups is 1. The fourth-order valence-corrected chi connectivity index (χ4v) is 1.63. The van der Waals surface area contributed by atoms with Gasteiger partial charge in [-0.2, -0.15) is 0 Å². The second-order valence-corrected chi connectivity index (χ2v) is 4.83. The fourth-order valence-electron chi connectivity index (χ4n) is 1.63. The summed E-state index contributed by atoms with van der Waals surface area (Å²) in [6.07, 6.45) is -1.60. The van der Waals surface area contributed by atoms with E-state index in [1.165, 1.54) is 0 Å². The van der Waals surface area contributed by atoms with Crippen molar-refractivity contribution < 1.29 is 39.3 Å². The van der Waals surface area contributed by atoms with Crippen molar-refractivity contribution in [3.8, 4) is 0 Å². The van der Waals surface area contributed by atoms with Crippen LogP contribution in [-0.4, -0.2) is 63.2 Å². The van der Waals surface area contributed by atoms with Crippen molar-refractivity contribution in [1.82, 2.24) is 16.0 Å². The molecule has 0 bridgehead atoms. The second-order valence-electron chi connectivity index (χ2n) is 4.83. The molecule has 0 heterocycles. The van der Waals surface area contributed by atoms with Crippen LogP contribution in [0.3, 0.4) is 0 Å². The zero-order valence-corrected chi connectivity index (χ0v) is 12.9. The monoisotopic (exact) mass is 361 g/mol. The van der Waals surface area contributed by atoms with Gasteiger partial charge in [0.05, 0.1) is 0 Å². The Hall–Kier alpha value is -3.38. The summed E-state index contributed by atoms with van der Waals surface area (Å²) in [5.41, 5.74) is 4.93. The van der Waals surface area contributed by atoms with Gasteiger partial charge in [0.2, 0.25) is 5.91 Å². The Kier molecular flexibility index (Phi) is 9.00. The lowest BCUT2D eigenvalue weighted by Gasteiger charge is -2.18. The van der Waals surface area contributed by atoms with Crippen LogP contribution in [0.4, 0.5) is 4.79 Å². The molecule has 140 valence electrons. The highest BCUT2D eigenvalue weighted by atomic mass is 16.4. The molecule has 0 aromatic rings. The molecule has 0 spiro atoms. The van der Waals surface area contributed by atoms with Crippen molar-refractivity contribution in [1.29, 1.82) is 5.41 Å². The zero-order chi connectivity index (χ0) is 19.6. The van der Waals surface area contributed by atoms with Gasteiger partial charge in [-0.25, -0.2) is 14.4 Å². The standard InChI is InChI=1S/C12H19N5O8/c13-11(14)17-7(18)3-1-5(9(21)22)15-12(25)16-6(10(23)24)2-4-8(19)20/h5-6H,1-4H2,(H,19,20)(H,21,22)(H,23,24)(H2,15,16,25)(H4,13,14,17,18)/t5-,6-/m0/s1. The summed E-state index contributed by atoms with van der Waals surface area (Å²) in [5.74, 6) is -5.56. The van der Waals surface area contributed by atoms with Gasteiger partial charge in [-0.1, -0.05) is 0 Å². The minimum absolute atomic E-state index is 0.339. The number of rotatable bonds is 10. The maximum atomic E-state index is 11.7. The van der Waals surface area contributed by atoms with Crippen LogP contribution in [0.15, 0.2) is 0 Å². The molecular weight excluding hydrogens is 342 g/mol.